The number of rotatable bonds is 4. The summed E-state index contributed by atoms with van der Waals surface area (Å²) in [5.74, 6) is -3.32. The minimum atomic E-state index is -0.906. The highest BCUT2D eigenvalue weighted by atomic mass is 35.5. The molecule has 13 heteroatoms. The molecule has 0 saturated carbocycles. The molecule has 2 N–H and O–H groups in total. The Balaban J connectivity index is 0.000000164. The average molecular weight is 754 g/mol. The highest BCUT2D eigenvalue weighted by Gasteiger charge is 2.25. The number of hydrogen-bond acceptors (Lipinski definition) is 4. The van der Waals surface area contributed by atoms with E-state index in [0.717, 1.165) is 30.5 Å². The molecule has 8 aromatic rings. The maximum atomic E-state index is 14.3. The molecule has 4 aromatic heterocycles. The van der Waals surface area contributed by atoms with Crippen molar-refractivity contribution in [2.45, 2.75) is 0 Å². The van der Waals surface area contributed by atoms with E-state index in [-0.39, 0.29) is 28.0 Å². The number of H-pyrrole nitrogens is 2. The topological polar surface area (TPSA) is 106 Å². The van der Waals surface area contributed by atoms with Crippen molar-refractivity contribution in [1.82, 2.24) is 15.0 Å². The van der Waals surface area contributed by atoms with Crippen molar-refractivity contribution in [3.05, 3.63) is 181 Å². The van der Waals surface area contributed by atoms with E-state index in [1.165, 1.54) is 36.5 Å². The van der Waals surface area contributed by atoms with E-state index in [1.807, 2.05) is 0 Å². The van der Waals surface area contributed by atoms with Gasteiger partial charge in [0, 0.05) is 56.3 Å². The Labute approximate surface area is 307 Å². The van der Waals surface area contributed by atoms with Gasteiger partial charge in [-0.1, -0.05) is 71.7 Å². The van der Waals surface area contributed by atoms with Gasteiger partial charge in [-0.2, -0.15) is 4.73 Å². The highest BCUT2D eigenvalue weighted by molar-refractivity contribution is 6.34. The summed E-state index contributed by atoms with van der Waals surface area (Å²) in [4.78, 5) is 33.8. The van der Waals surface area contributed by atoms with Gasteiger partial charge in [0.25, 0.3) is 5.69 Å². The lowest BCUT2D eigenvalue weighted by molar-refractivity contribution is -0.592. The molecule has 0 saturated heterocycles. The molecule has 4 heterocycles. The average Bonchev–Trinajstić information content (AvgIpc) is 3.12. The zero-order valence-electron chi connectivity index (χ0n) is 26.9. The van der Waals surface area contributed by atoms with Crippen LogP contribution in [-0.4, -0.2) is 15.0 Å². The Bertz CT molecular complexity index is 2800. The van der Waals surface area contributed by atoms with Crippen molar-refractivity contribution in [1.29, 1.82) is 0 Å². The number of pyridine rings is 4. The third kappa shape index (κ3) is 6.63. The van der Waals surface area contributed by atoms with Gasteiger partial charge >= 0.3 is 0 Å². The van der Waals surface area contributed by atoms with Gasteiger partial charge < -0.3 is 15.2 Å². The minimum absolute atomic E-state index is 0.0268. The minimum Gasteiger partial charge on any atom is -0.618 e. The molecule has 262 valence electrons. The third-order valence-corrected chi connectivity index (χ3v) is 9.07. The molecule has 0 atom stereocenters. The fraction of sp³-hybridized carbons (Fsp3) is 0. The van der Waals surface area contributed by atoms with Crippen molar-refractivity contribution in [2.75, 3.05) is 0 Å². The fourth-order valence-corrected chi connectivity index (χ4v) is 6.59. The van der Waals surface area contributed by atoms with E-state index in [2.05, 4.69) is 15.0 Å². The molecule has 7 nitrogen and oxygen atoms in total. The monoisotopic (exact) mass is 752 g/mol. The van der Waals surface area contributed by atoms with Crippen LogP contribution in [0.5, 0.6) is 0 Å². The highest BCUT2D eigenvalue weighted by Crippen LogP contribution is 2.37. The normalized spacial score (nSPS) is 11.1. The maximum Gasteiger partial charge on any atom is 0.254 e. The zero-order chi connectivity index (χ0) is 37.4. The first-order valence-electron chi connectivity index (χ1n) is 15.7. The van der Waals surface area contributed by atoms with Gasteiger partial charge in [0.15, 0.2) is 6.20 Å². The Morgan fingerprint density at radius 1 is 0.566 bits per heavy atom. The molecule has 0 bridgehead atoms. The zero-order valence-corrected chi connectivity index (χ0v) is 28.4. The number of fused-ring (bicyclic) bond motifs is 2. The molecule has 0 aliphatic rings. The second-order valence-corrected chi connectivity index (χ2v) is 12.4. The molecule has 53 heavy (non-hydrogen) atoms. The number of nitrogens with zero attached hydrogens (tertiary/aromatic N) is 2. The second kappa shape index (κ2) is 14.4. The number of nitrogens with one attached hydrogen (secondary N) is 2. The lowest BCUT2D eigenvalue weighted by atomic mass is 9.99. The quantitative estimate of drug-likeness (QED) is 0.106. The van der Waals surface area contributed by atoms with Gasteiger partial charge in [0.2, 0.25) is 11.1 Å². The van der Waals surface area contributed by atoms with Crippen LogP contribution in [0, 0.1) is 28.5 Å². The van der Waals surface area contributed by atoms with E-state index < -0.39 is 40.0 Å². The van der Waals surface area contributed by atoms with Crippen molar-refractivity contribution < 1.29 is 22.3 Å². The molecule has 0 aliphatic heterocycles. The van der Waals surface area contributed by atoms with E-state index in [9.17, 15) is 32.4 Å². The molecule has 0 unspecified atom stereocenters. The summed E-state index contributed by atoms with van der Waals surface area (Å²) in [5.41, 5.74) is 0.495. The maximum absolute atomic E-state index is 14.3. The number of hydrogen-bond donors (Lipinski definition) is 2. The van der Waals surface area contributed by atoms with Gasteiger partial charge in [0.1, 0.15) is 40.0 Å². The molecular weight excluding hydrogens is 731 g/mol. The van der Waals surface area contributed by atoms with Crippen LogP contribution in [0.15, 0.2) is 131 Å². The van der Waals surface area contributed by atoms with Gasteiger partial charge in [-0.15, -0.1) is 0 Å². The van der Waals surface area contributed by atoms with Gasteiger partial charge in [-0.25, -0.2) is 17.6 Å². The smallest absolute Gasteiger partial charge is 0.254 e. The first-order valence-corrected chi connectivity index (χ1v) is 16.5. The second-order valence-electron chi connectivity index (χ2n) is 11.6. The molecule has 0 fully saturated rings. The van der Waals surface area contributed by atoms with Gasteiger partial charge in [-0.3, -0.25) is 14.6 Å². The van der Waals surface area contributed by atoms with Crippen LogP contribution in [0.25, 0.3) is 66.6 Å². The molecule has 0 radical (unpaired) electrons. The third-order valence-electron chi connectivity index (χ3n) is 8.41. The number of benzene rings is 4. The largest absolute Gasteiger partial charge is 0.618 e. The van der Waals surface area contributed by atoms with Crippen LogP contribution in [0.1, 0.15) is 0 Å². The summed E-state index contributed by atoms with van der Waals surface area (Å²) in [6, 6.07) is 26.7. The standard InChI is InChI=1S/C20H11ClF2N2O2.C20H11ClF2N2O/c21-14-5-2-1-4-11(14)13-10-17(26)24-19-12(13)8-9-25(27)20(19)18-15(22)6-3-7-16(18)23;21-14-5-2-1-4-11(14)13-10-17(26)25-19-12(13)8-9-24-20(19)18-15(22)6-3-7-16(18)23/h1-10H,(H,24,26);1-10H,(H,25,26). The van der Waals surface area contributed by atoms with Crippen LogP contribution in [0.2, 0.25) is 10.0 Å². The summed E-state index contributed by atoms with van der Waals surface area (Å²) in [6.07, 6.45) is 2.59. The van der Waals surface area contributed by atoms with Crippen LogP contribution in [0.3, 0.4) is 0 Å². The number of aromatic nitrogens is 4. The van der Waals surface area contributed by atoms with E-state index in [4.69, 9.17) is 23.2 Å². The van der Waals surface area contributed by atoms with Crippen LogP contribution in [0.4, 0.5) is 17.6 Å². The Hall–Kier alpha value is -6.30. The van der Waals surface area contributed by atoms with Crippen LogP contribution < -0.4 is 15.8 Å². The Morgan fingerprint density at radius 3 is 1.57 bits per heavy atom. The Morgan fingerprint density at radius 2 is 1.04 bits per heavy atom. The van der Waals surface area contributed by atoms with Gasteiger partial charge in [0.05, 0.1) is 11.1 Å². The number of halogens is 6. The van der Waals surface area contributed by atoms with Crippen molar-refractivity contribution in [2.24, 2.45) is 0 Å². The van der Waals surface area contributed by atoms with Crippen LogP contribution >= 0.6 is 23.2 Å². The molecule has 0 spiro atoms. The summed E-state index contributed by atoms with van der Waals surface area (Å²) in [5, 5.41) is 14.3. The van der Waals surface area contributed by atoms with Crippen molar-refractivity contribution in [3.8, 4) is 44.8 Å². The van der Waals surface area contributed by atoms with E-state index in [1.54, 1.807) is 54.6 Å². The fourth-order valence-electron chi connectivity index (χ4n) is 6.12. The molecule has 4 aromatic carbocycles. The van der Waals surface area contributed by atoms with Crippen molar-refractivity contribution in [3.63, 3.8) is 0 Å². The summed E-state index contributed by atoms with van der Waals surface area (Å²) < 4.78 is 57.5. The molecule has 0 amide bonds. The molecule has 8 rings (SSSR count). The molecular formula is C40H22Cl2F4N4O3. The number of aromatic amines is 2. The van der Waals surface area contributed by atoms with Gasteiger partial charge in [-0.05, 0) is 53.6 Å². The SMILES string of the molecule is O=c1cc(-c2ccccc2Cl)c2cc[n+]([O-])c(-c3c(F)cccc3F)c2[nH]1.O=c1cc(-c2ccccc2Cl)c2ccnc(-c3c(F)cccc3F)c2[nH]1. The predicted molar refractivity (Wildman–Crippen MR) is 197 cm³/mol. The first kappa shape index (κ1) is 35.1. The Kier molecular flexibility index (Phi) is 9.53. The summed E-state index contributed by atoms with van der Waals surface area (Å²) in [7, 11) is 0. The summed E-state index contributed by atoms with van der Waals surface area (Å²) >= 11 is 12.5. The predicted octanol–water partition coefficient (Wildman–Crippen LogP) is 9.62. The summed E-state index contributed by atoms with van der Waals surface area (Å²) in [6.45, 7) is 0. The van der Waals surface area contributed by atoms with E-state index in [0.29, 0.717) is 47.8 Å². The molecule has 0 aliphatic carbocycles. The lowest BCUT2D eigenvalue weighted by Gasteiger charge is -2.12. The van der Waals surface area contributed by atoms with Crippen molar-refractivity contribution >= 4 is 45.0 Å². The van der Waals surface area contributed by atoms with E-state index >= 15 is 0 Å². The first-order chi connectivity index (χ1) is 25.5. The lowest BCUT2D eigenvalue weighted by Crippen LogP contribution is -2.30. The van der Waals surface area contributed by atoms with Crippen LogP contribution in [-0.2, 0) is 0 Å².